The summed E-state index contributed by atoms with van der Waals surface area (Å²) < 4.78 is 16.3. The third kappa shape index (κ3) is 4.48. The molecule has 4 rings (SSSR count). The largest absolute Gasteiger partial charge is 0.497 e. The SMILES string of the molecule is COc1cccc(-c2nc(CN(Cc3ccco3)Cc3ccco3)cs2)c1. The molecule has 138 valence electrons. The van der Waals surface area contributed by atoms with Crippen LogP contribution < -0.4 is 4.74 Å². The first kappa shape index (κ1) is 17.6. The van der Waals surface area contributed by atoms with Crippen molar-refractivity contribution in [1.29, 1.82) is 0 Å². The van der Waals surface area contributed by atoms with Crippen LogP contribution in [0, 0.1) is 0 Å². The minimum absolute atomic E-state index is 0.694. The summed E-state index contributed by atoms with van der Waals surface area (Å²) in [4.78, 5) is 7.07. The van der Waals surface area contributed by atoms with Crippen molar-refractivity contribution in [3.05, 3.63) is 83.7 Å². The van der Waals surface area contributed by atoms with Crippen LogP contribution in [0.1, 0.15) is 17.2 Å². The van der Waals surface area contributed by atoms with E-state index in [1.54, 1.807) is 31.0 Å². The van der Waals surface area contributed by atoms with E-state index in [2.05, 4.69) is 16.3 Å². The number of hydrogen-bond acceptors (Lipinski definition) is 6. The Morgan fingerprint density at radius 1 is 0.963 bits per heavy atom. The molecule has 0 fully saturated rings. The lowest BCUT2D eigenvalue weighted by Gasteiger charge is -2.18. The Hall–Kier alpha value is -2.83. The molecule has 0 spiro atoms. The fourth-order valence-corrected chi connectivity index (χ4v) is 3.72. The quantitative estimate of drug-likeness (QED) is 0.420. The van der Waals surface area contributed by atoms with E-state index >= 15 is 0 Å². The Bertz CT molecular complexity index is 925. The summed E-state index contributed by atoms with van der Waals surface area (Å²) in [5, 5.41) is 3.09. The molecule has 27 heavy (non-hydrogen) atoms. The van der Waals surface area contributed by atoms with Crippen molar-refractivity contribution in [3.8, 4) is 16.3 Å². The Morgan fingerprint density at radius 2 is 1.70 bits per heavy atom. The van der Waals surface area contributed by atoms with Gasteiger partial charge < -0.3 is 13.6 Å². The highest BCUT2D eigenvalue weighted by Crippen LogP contribution is 2.27. The van der Waals surface area contributed by atoms with Gasteiger partial charge in [0.05, 0.1) is 38.4 Å². The van der Waals surface area contributed by atoms with Crippen molar-refractivity contribution in [1.82, 2.24) is 9.88 Å². The Balaban J connectivity index is 1.51. The summed E-state index contributed by atoms with van der Waals surface area (Å²) in [7, 11) is 1.67. The standard InChI is InChI=1S/C21H20N2O3S/c1-24-18-6-2-5-16(11-18)21-22-17(15-27-21)12-23(13-19-7-3-9-25-19)14-20-8-4-10-26-20/h2-11,15H,12-14H2,1H3. The van der Waals surface area contributed by atoms with Crippen LogP contribution in [0.15, 0.2) is 75.3 Å². The molecule has 0 aliphatic heterocycles. The second-order valence-electron chi connectivity index (χ2n) is 6.18. The number of nitrogens with zero attached hydrogens (tertiary/aromatic N) is 2. The van der Waals surface area contributed by atoms with Gasteiger partial charge in [-0.3, -0.25) is 4.90 Å². The fourth-order valence-electron chi connectivity index (χ4n) is 2.91. The summed E-state index contributed by atoms with van der Waals surface area (Å²) in [6, 6.07) is 15.8. The molecule has 4 aromatic rings. The van der Waals surface area contributed by atoms with Crippen LogP contribution in [0.5, 0.6) is 5.75 Å². The molecule has 0 aliphatic rings. The molecular formula is C21H20N2O3S. The van der Waals surface area contributed by atoms with Crippen LogP contribution in [-0.2, 0) is 19.6 Å². The highest BCUT2D eigenvalue weighted by molar-refractivity contribution is 7.13. The molecule has 0 aliphatic carbocycles. The summed E-state index contributed by atoms with van der Waals surface area (Å²) in [5.74, 6) is 2.68. The van der Waals surface area contributed by atoms with E-state index in [1.165, 1.54) is 0 Å². The average molecular weight is 380 g/mol. The van der Waals surface area contributed by atoms with Crippen LogP contribution in [0.2, 0.25) is 0 Å². The van der Waals surface area contributed by atoms with Crippen molar-refractivity contribution >= 4 is 11.3 Å². The number of rotatable bonds is 8. The molecule has 1 aromatic carbocycles. The number of thiazole rings is 1. The summed E-state index contributed by atoms with van der Waals surface area (Å²) in [6.45, 7) is 2.10. The van der Waals surface area contributed by atoms with Crippen molar-refractivity contribution in [2.45, 2.75) is 19.6 Å². The average Bonchev–Trinajstić information content (AvgIpc) is 3.45. The first-order valence-electron chi connectivity index (χ1n) is 8.66. The predicted molar refractivity (Wildman–Crippen MR) is 104 cm³/mol. The lowest BCUT2D eigenvalue weighted by atomic mass is 10.2. The maximum atomic E-state index is 5.52. The fraction of sp³-hybridized carbons (Fsp3) is 0.190. The minimum Gasteiger partial charge on any atom is -0.497 e. The number of furan rings is 2. The van der Waals surface area contributed by atoms with E-state index < -0.39 is 0 Å². The maximum Gasteiger partial charge on any atom is 0.123 e. The van der Waals surface area contributed by atoms with Gasteiger partial charge in [0.25, 0.3) is 0 Å². The third-order valence-electron chi connectivity index (χ3n) is 4.17. The van der Waals surface area contributed by atoms with Gasteiger partial charge in [-0.2, -0.15) is 0 Å². The molecule has 3 heterocycles. The van der Waals surface area contributed by atoms with Gasteiger partial charge in [0, 0.05) is 17.5 Å². The molecule has 0 bridgehead atoms. The van der Waals surface area contributed by atoms with Crippen LogP contribution >= 0.6 is 11.3 Å². The van der Waals surface area contributed by atoms with Gasteiger partial charge in [-0.05, 0) is 36.4 Å². The second kappa shape index (κ2) is 8.24. The van der Waals surface area contributed by atoms with Gasteiger partial charge in [-0.1, -0.05) is 12.1 Å². The third-order valence-corrected chi connectivity index (χ3v) is 5.11. The van der Waals surface area contributed by atoms with Crippen LogP contribution in [0.25, 0.3) is 10.6 Å². The number of benzene rings is 1. The number of hydrogen-bond donors (Lipinski definition) is 0. The van der Waals surface area contributed by atoms with Gasteiger partial charge in [-0.15, -0.1) is 11.3 Å². The van der Waals surface area contributed by atoms with E-state index in [0.29, 0.717) is 19.6 Å². The number of ether oxygens (including phenoxy) is 1. The van der Waals surface area contributed by atoms with Crippen LogP contribution in [-0.4, -0.2) is 17.0 Å². The topological polar surface area (TPSA) is 51.6 Å². The highest BCUT2D eigenvalue weighted by atomic mass is 32.1. The minimum atomic E-state index is 0.694. The smallest absolute Gasteiger partial charge is 0.123 e. The van der Waals surface area contributed by atoms with Gasteiger partial charge in [0.15, 0.2) is 0 Å². The molecule has 0 amide bonds. The molecular weight excluding hydrogens is 360 g/mol. The van der Waals surface area contributed by atoms with Gasteiger partial charge in [0.2, 0.25) is 0 Å². The first-order valence-corrected chi connectivity index (χ1v) is 9.54. The second-order valence-corrected chi connectivity index (χ2v) is 7.04. The molecule has 5 nitrogen and oxygen atoms in total. The number of aromatic nitrogens is 1. The van der Waals surface area contributed by atoms with E-state index in [1.807, 2.05) is 42.5 Å². The van der Waals surface area contributed by atoms with E-state index in [-0.39, 0.29) is 0 Å². The lowest BCUT2D eigenvalue weighted by Crippen LogP contribution is -2.22. The van der Waals surface area contributed by atoms with Gasteiger partial charge >= 0.3 is 0 Å². The Kier molecular flexibility index (Phi) is 5.37. The zero-order valence-corrected chi connectivity index (χ0v) is 15.8. The summed E-state index contributed by atoms with van der Waals surface area (Å²) in [6.07, 6.45) is 3.40. The molecule has 0 saturated carbocycles. The molecule has 0 saturated heterocycles. The lowest BCUT2D eigenvalue weighted by molar-refractivity contribution is 0.207. The summed E-state index contributed by atoms with van der Waals surface area (Å²) >= 11 is 1.64. The Morgan fingerprint density at radius 3 is 2.33 bits per heavy atom. The highest BCUT2D eigenvalue weighted by Gasteiger charge is 2.14. The van der Waals surface area contributed by atoms with Crippen molar-refractivity contribution in [3.63, 3.8) is 0 Å². The predicted octanol–water partition coefficient (Wildman–Crippen LogP) is 5.21. The molecule has 6 heteroatoms. The van der Waals surface area contributed by atoms with Crippen molar-refractivity contribution < 1.29 is 13.6 Å². The monoisotopic (exact) mass is 380 g/mol. The molecule has 3 aromatic heterocycles. The van der Waals surface area contributed by atoms with Crippen molar-refractivity contribution in [2.75, 3.05) is 7.11 Å². The van der Waals surface area contributed by atoms with Crippen molar-refractivity contribution in [2.24, 2.45) is 0 Å². The first-order chi connectivity index (χ1) is 13.3. The summed E-state index contributed by atoms with van der Waals surface area (Å²) in [5.41, 5.74) is 2.09. The van der Waals surface area contributed by atoms with Gasteiger partial charge in [-0.25, -0.2) is 4.98 Å². The van der Waals surface area contributed by atoms with Crippen LogP contribution in [0.3, 0.4) is 0 Å². The van der Waals surface area contributed by atoms with E-state index in [0.717, 1.165) is 33.5 Å². The normalized spacial score (nSPS) is 11.2. The van der Waals surface area contributed by atoms with E-state index in [4.69, 9.17) is 18.6 Å². The molecule has 0 N–H and O–H groups in total. The van der Waals surface area contributed by atoms with Gasteiger partial charge in [0.1, 0.15) is 22.3 Å². The zero-order valence-electron chi connectivity index (χ0n) is 15.0. The maximum absolute atomic E-state index is 5.52. The number of methoxy groups -OCH3 is 1. The Labute approximate surface area is 161 Å². The van der Waals surface area contributed by atoms with Crippen LogP contribution in [0.4, 0.5) is 0 Å². The molecule has 0 unspecified atom stereocenters. The molecule has 0 radical (unpaired) electrons. The van der Waals surface area contributed by atoms with E-state index in [9.17, 15) is 0 Å². The zero-order chi connectivity index (χ0) is 18.5. The molecule has 0 atom stereocenters.